The van der Waals surface area contributed by atoms with E-state index in [-0.39, 0.29) is 28.3 Å². The van der Waals surface area contributed by atoms with Gasteiger partial charge < -0.3 is 0 Å². The number of nitrogens with one attached hydrogen (secondary N) is 1. The van der Waals surface area contributed by atoms with E-state index in [0.717, 1.165) is 8.25 Å². The van der Waals surface area contributed by atoms with Gasteiger partial charge in [-0.2, -0.15) is 0 Å². The van der Waals surface area contributed by atoms with Gasteiger partial charge in [0.25, 0.3) is 0 Å². The Balaban J connectivity index is 2.45. The number of aryl methyl sites for hydroxylation is 1. The Morgan fingerprint density at radius 2 is 2.28 bits per heavy atom. The molecule has 11 heteroatoms. The molecule has 0 bridgehead atoms. The van der Waals surface area contributed by atoms with E-state index in [2.05, 4.69) is 10.6 Å². The van der Waals surface area contributed by atoms with Crippen molar-refractivity contribution in [2.45, 2.75) is 0 Å². The van der Waals surface area contributed by atoms with Crippen LogP contribution in [0.15, 0.2) is 23.0 Å². The number of amides is 1. The van der Waals surface area contributed by atoms with Gasteiger partial charge in [-0.1, -0.05) is 0 Å². The van der Waals surface area contributed by atoms with Gasteiger partial charge in [-0.05, 0) is 0 Å². The third-order valence-corrected chi connectivity index (χ3v) is 6.84. The molecule has 1 aromatic carbocycles. The van der Waals surface area contributed by atoms with Crippen LogP contribution in [-0.4, -0.2) is 49.8 Å². The molecular weight excluding hydrogens is 530 g/mol. The number of aromatic nitrogens is 2. The Morgan fingerprint density at radius 3 is 2.92 bits per heavy atom. The molecule has 0 unspecified atom stereocenters. The third kappa shape index (κ3) is 5.01. The summed E-state index contributed by atoms with van der Waals surface area (Å²) in [5.41, 5.74) is 1.41. The van der Waals surface area contributed by atoms with E-state index in [9.17, 15) is 14.0 Å². The van der Waals surface area contributed by atoms with Gasteiger partial charge in [0.15, 0.2) is 0 Å². The van der Waals surface area contributed by atoms with Gasteiger partial charge in [0.2, 0.25) is 0 Å². The molecule has 7 nitrogen and oxygen atoms in total. The standard InChI is InChI=1S/C14H12AsClFIN3O4/c1-21-14(24)11(16)10(12(19-21)13(23)20-25-5-4-22)15-8-3-2-7(18)6-9(8)17/h2-3,6,22H,4-5H2,1H3,(H,20,23). The van der Waals surface area contributed by atoms with Crippen LogP contribution in [0.3, 0.4) is 0 Å². The van der Waals surface area contributed by atoms with Crippen LogP contribution in [0.1, 0.15) is 10.5 Å². The molecule has 2 N–H and O–H groups in total. The number of nitrogens with zero attached hydrogens (tertiary/aromatic N) is 2. The van der Waals surface area contributed by atoms with Crippen LogP contribution >= 0.6 is 34.2 Å². The first-order chi connectivity index (χ1) is 11.8. The molecule has 1 radical (unpaired) electrons. The Kier molecular flexibility index (Phi) is 7.38. The van der Waals surface area contributed by atoms with Crippen molar-refractivity contribution in [2.75, 3.05) is 13.2 Å². The number of hydrogen-bond donors (Lipinski definition) is 2. The molecule has 0 spiro atoms. The molecule has 1 heterocycles. The number of aliphatic hydroxyl groups excluding tert-OH is 1. The Morgan fingerprint density at radius 1 is 1.56 bits per heavy atom. The number of hydroxylamine groups is 1. The molecule has 2 rings (SSSR count). The Labute approximate surface area is 167 Å². The molecule has 2 aromatic rings. The molecule has 0 saturated carbocycles. The predicted molar refractivity (Wildman–Crippen MR) is 99.1 cm³/mol. The number of aliphatic hydroxyl groups is 1. The van der Waals surface area contributed by atoms with Crippen LogP contribution in [0.4, 0.5) is 4.39 Å². The van der Waals surface area contributed by atoms with E-state index in [4.69, 9.17) is 21.5 Å². The molecular formula is C14H12AsClFIN3O4. The fourth-order valence-corrected chi connectivity index (χ4v) is 4.75. The molecule has 0 aliphatic heterocycles. The minimum absolute atomic E-state index is 0.111. The zero-order valence-corrected chi connectivity index (χ0v) is 17.6. The van der Waals surface area contributed by atoms with E-state index >= 15 is 0 Å². The molecule has 0 atom stereocenters. The summed E-state index contributed by atoms with van der Waals surface area (Å²) in [6.07, 6.45) is 0. The van der Waals surface area contributed by atoms with Crippen molar-refractivity contribution in [3.63, 3.8) is 0 Å². The number of halogens is 3. The van der Waals surface area contributed by atoms with Crippen LogP contribution < -0.4 is 19.7 Å². The Hall–Kier alpha value is -1.00. The molecule has 0 aliphatic rings. The van der Waals surface area contributed by atoms with Crippen molar-refractivity contribution in [3.8, 4) is 0 Å². The fraction of sp³-hybridized carbons (Fsp3) is 0.214. The van der Waals surface area contributed by atoms with Gasteiger partial charge in [0, 0.05) is 0 Å². The summed E-state index contributed by atoms with van der Waals surface area (Å²) in [6.45, 7) is -0.394. The van der Waals surface area contributed by atoms with Gasteiger partial charge >= 0.3 is 168 Å². The van der Waals surface area contributed by atoms with Crippen molar-refractivity contribution in [2.24, 2.45) is 7.05 Å². The van der Waals surface area contributed by atoms with Crippen molar-refractivity contribution in [1.29, 1.82) is 0 Å². The maximum atomic E-state index is 14.1. The molecule has 0 aliphatic carbocycles. The molecule has 0 fully saturated rings. The number of benzene rings is 1. The second kappa shape index (κ2) is 9.09. The number of carbonyl (C=O) groups is 1. The normalized spacial score (nSPS) is 11.2. The van der Waals surface area contributed by atoms with Crippen LogP contribution in [-0.2, 0) is 11.9 Å². The number of hydrogen-bond acceptors (Lipinski definition) is 5. The maximum absolute atomic E-state index is 14.1. The van der Waals surface area contributed by atoms with E-state index in [1.165, 1.54) is 13.1 Å². The summed E-state index contributed by atoms with van der Waals surface area (Å²) < 4.78 is 16.3. The van der Waals surface area contributed by atoms with Crippen LogP contribution in [0.2, 0.25) is 5.02 Å². The van der Waals surface area contributed by atoms with Crippen molar-refractivity contribution >= 4 is 64.6 Å². The topological polar surface area (TPSA) is 93.5 Å². The predicted octanol–water partition coefficient (Wildman–Crippen LogP) is -0.514. The van der Waals surface area contributed by atoms with Crippen LogP contribution in [0.25, 0.3) is 0 Å². The Bertz CT molecular complexity index is 865. The van der Waals surface area contributed by atoms with Crippen molar-refractivity contribution in [1.82, 2.24) is 15.3 Å². The second-order valence-corrected chi connectivity index (χ2v) is 8.69. The van der Waals surface area contributed by atoms with Gasteiger partial charge in [-0.25, -0.2) is 0 Å². The summed E-state index contributed by atoms with van der Waals surface area (Å²) in [5.74, 6) is -1.17. The van der Waals surface area contributed by atoms with Gasteiger partial charge in [0.05, 0.1) is 0 Å². The monoisotopic (exact) mass is 542 g/mol. The first-order valence-corrected chi connectivity index (χ1v) is 10.1. The van der Waals surface area contributed by atoms with E-state index < -0.39 is 33.0 Å². The summed E-state index contributed by atoms with van der Waals surface area (Å²) in [6, 6.07) is 4.67. The van der Waals surface area contributed by atoms with Gasteiger partial charge in [0.1, 0.15) is 0 Å². The summed E-state index contributed by atoms with van der Waals surface area (Å²) >= 11 is 6.98. The average Bonchev–Trinajstić information content (AvgIpc) is 2.57. The first-order valence-electron chi connectivity index (χ1n) is 6.81. The van der Waals surface area contributed by atoms with Crippen LogP contribution in [0.5, 0.6) is 0 Å². The molecule has 1 aromatic heterocycles. The molecule has 25 heavy (non-hydrogen) atoms. The van der Waals surface area contributed by atoms with Crippen molar-refractivity contribution < 1.29 is 19.1 Å². The van der Waals surface area contributed by atoms with E-state index in [1.54, 1.807) is 12.1 Å². The zero-order valence-electron chi connectivity index (χ0n) is 12.8. The van der Waals surface area contributed by atoms with Crippen molar-refractivity contribution in [3.05, 3.63) is 48.7 Å². The first kappa shape index (κ1) is 20.3. The van der Waals surface area contributed by atoms with Gasteiger partial charge in [-0.3, -0.25) is 0 Å². The summed E-state index contributed by atoms with van der Waals surface area (Å²) in [4.78, 5) is 29.1. The third-order valence-electron chi connectivity index (χ3n) is 2.88. The second-order valence-electron chi connectivity index (χ2n) is 4.65. The fourth-order valence-electron chi connectivity index (χ4n) is 1.75. The zero-order chi connectivity index (χ0) is 18.6. The van der Waals surface area contributed by atoms with E-state index in [0.29, 0.717) is 4.35 Å². The quantitative estimate of drug-likeness (QED) is 0.222. The van der Waals surface area contributed by atoms with Crippen LogP contribution in [0, 0.1) is 9.39 Å². The summed E-state index contributed by atoms with van der Waals surface area (Å²) in [5, 5.41) is 12.4. The minimum atomic E-state index is -1.11. The van der Waals surface area contributed by atoms with E-state index in [1.807, 2.05) is 22.6 Å². The molecule has 0 saturated heterocycles. The number of rotatable bonds is 6. The average molecular weight is 543 g/mol. The molecule has 133 valence electrons. The number of carbonyl (C=O) groups excluding carboxylic acids is 1. The summed E-state index contributed by atoms with van der Waals surface area (Å²) in [7, 11) is 1.35. The SMILES string of the molecule is Cn1nc(C(=O)NOCCO)c([As]c2ccc(I)cc2F)c(Cl)c1=O. The van der Waals surface area contributed by atoms with Gasteiger partial charge in [-0.15, -0.1) is 0 Å². The molecule has 1 amide bonds.